The monoisotopic (exact) mass is 415 g/mol. The summed E-state index contributed by atoms with van der Waals surface area (Å²) in [5.41, 5.74) is 6.41. The van der Waals surface area contributed by atoms with Crippen LogP contribution in [0.4, 0.5) is 5.69 Å². The molecule has 2 amide bonds. The molecule has 0 aliphatic carbocycles. The molecule has 0 aromatic heterocycles. The van der Waals surface area contributed by atoms with E-state index < -0.39 is 16.2 Å². The van der Waals surface area contributed by atoms with Crippen LogP contribution in [0.3, 0.4) is 0 Å². The van der Waals surface area contributed by atoms with E-state index in [-0.39, 0.29) is 46.3 Å². The van der Waals surface area contributed by atoms with Crippen LogP contribution in [-0.2, 0) is 19.7 Å². The summed E-state index contributed by atoms with van der Waals surface area (Å²) < 4.78 is 33.2. The summed E-state index contributed by atoms with van der Waals surface area (Å²) in [5.74, 6) is -0.416. The fraction of sp³-hybridized carbons (Fsp3) is 0.333. The quantitative estimate of drug-likeness (QED) is 0.267. The number of amides is 2. The maximum atomic E-state index is 12.2. The molecule has 4 N–H and O–H groups in total. The molecule has 0 radical (unpaired) electrons. The molecule has 10 heteroatoms. The Morgan fingerprint density at radius 1 is 1.11 bits per heavy atom. The van der Waals surface area contributed by atoms with Crippen LogP contribution in [0.1, 0.15) is 26.2 Å². The van der Waals surface area contributed by atoms with Gasteiger partial charge in [0.25, 0.3) is 0 Å². The van der Waals surface area contributed by atoms with E-state index in [4.69, 9.17) is 5.73 Å². The number of carbonyl (C=O) groups excluding carboxylic acids is 2. The van der Waals surface area contributed by atoms with Crippen LogP contribution in [0.25, 0.3) is 10.8 Å². The van der Waals surface area contributed by atoms with E-state index in [1.54, 1.807) is 18.2 Å². The van der Waals surface area contributed by atoms with Crippen molar-refractivity contribution in [3.63, 3.8) is 0 Å². The molecule has 1 atom stereocenters. The van der Waals surface area contributed by atoms with E-state index in [2.05, 4.69) is 10.6 Å². The number of carbonyl (C=O) groups is 2. The van der Waals surface area contributed by atoms with Crippen molar-refractivity contribution in [2.24, 2.45) is 5.73 Å². The number of nitrogens with one attached hydrogen (secondary N) is 2. The van der Waals surface area contributed by atoms with Crippen molar-refractivity contribution in [1.29, 1.82) is 0 Å². The third-order valence-corrected chi connectivity index (χ3v) is 4.85. The van der Waals surface area contributed by atoms with Gasteiger partial charge in [-0.3, -0.25) is 9.59 Å². The first-order chi connectivity index (χ1) is 12.7. The van der Waals surface area contributed by atoms with E-state index in [9.17, 15) is 22.6 Å². The third-order valence-electron chi connectivity index (χ3n) is 4.02. The third kappa shape index (κ3) is 7.50. The summed E-state index contributed by atoms with van der Waals surface area (Å²) in [6.07, 6.45) is 1.93. The SMILES string of the molecule is CC(=O)NCCCCC(N)C(=O)Nc1ccc2cc(S(=O)(=O)[O-])ccc2c1.[Na+]. The molecular weight excluding hydrogens is 393 g/mol. The van der Waals surface area contributed by atoms with Crippen LogP contribution in [-0.4, -0.2) is 37.4 Å². The van der Waals surface area contributed by atoms with Crippen molar-refractivity contribution in [2.75, 3.05) is 11.9 Å². The molecule has 146 valence electrons. The molecule has 0 bridgehead atoms. The maximum absolute atomic E-state index is 12.2. The van der Waals surface area contributed by atoms with E-state index in [1.807, 2.05) is 0 Å². The predicted octanol–water partition coefficient (Wildman–Crippen LogP) is -1.68. The second-order valence-electron chi connectivity index (χ2n) is 6.25. The van der Waals surface area contributed by atoms with E-state index in [0.717, 1.165) is 6.42 Å². The number of hydrogen-bond acceptors (Lipinski definition) is 6. The topological polar surface area (TPSA) is 141 Å². The Morgan fingerprint density at radius 2 is 1.75 bits per heavy atom. The zero-order valence-electron chi connectivity index (χ0n) is 15.9. The summed E-state index contributed by atoms with van der Waals surface area (Å²) in [5, 5.41) is 6.67. The number of rotatable bonds is 8. The number of anilines is 1. The molecule has 2 aromatic carbocycles. The summed E-state index contributed by atoms with van der Waals surface area (Å²) >= 11 is 0. The van der Waals surface area contributed by atoms with Gasteiger partial charge in [-0.2, -0.15) is 0 Å². The van der Waals surface area contributed by atoms with E-state index in [0.29, 0.717) is 35.8 Å². The molecule has 0 spiro atoms. The van der Waals surface area contributed by atoms with Gasteiger partial charge in [-0.25, -0.2) is 8.42 Å². The van der Waals surface area contributed by atoms with Crippen molar-refractivity contribution in [2.45, 2.75) is 37.1 Å². The van der Waals surface area contributed by atoms with Gasteiger partial charge in [0, 0.05) is 19.2 Å². The molecule has 8 nitrogen and oxygen atoms in total. The molecule has 28 heavy (non-hydrogen) atoms. The second-order valence-corrected chi connectivity index (χ2v) is 7.63. The number of hydrogen-bond donors (Lipinski definition) is 3. The van der Waals surface area contributed by atoms with Crippen molar-refractivity contribution in [3.8, 4) is 0 Å². The van der Waals surface area contributed by atoms with E-state index >= 15 is 0 Å². The number of unbranched alkanes of at least 4 members (excludes halogenated alkanes) is 1. The largest absolute Gasteiger partial charge is 1.00 e. The van der Waals surface area contributed by atoms with Gasteiger partial charge in [0.05, 0.1) is 10.9 Å². The smallest absolute Gasteiger partial charge is 0.744 e. The van der Waals surface area contributed by atoms with Crippen LogP contribution in [0.15, 0.2) is 41.3 Å². The van der Waals surface area contributed by atoms with Crippen molar-refractivity contribution >= 4 is 38.4 Å². The van der Waals surface area contributed by atoms with Crippen LogP contribution in [0.5, 0.6) is 0 Å². The Morgan fingerprint density at radius 3 is 2.39 bits per heavy atom. The Balaban J connectivity index is 0.00000392. The fourth-order valence-electron chi connectivity index (χ4n) is 2.58. The van der Waals surface area contributed by atoms with Crippen LogP contribution < -0.4 is 45.9 Å². The molecule has 0 saturated heterocycles. The first-order valence-electron chi connectivity index (χ1n) is 8.47. The first-order valence-corrected chi connectivity index (χ1v) is 9.88. The minimum absolute atomic E-state index is 0. The number of fused-ring (bicyclic) bond motifs is 1. The molecule has 0 heterocycles. The molecule has 2 rings (SSSR count). The minimum atomic E-state index is -4.51. The average molecular weight is 415 g/mol. The Kier molecular flexibility index (Phi) is 9.55. The van der Waals surface area contributed by atoms with Gasteiger partial charge in [0.2, 0.25) is 11.8 Å². The summed E-state index contributed by atoms with van der Waals surface area (Å²) in [6, 6.07) is 8.28. The van der Waals surface area contributed by atoms with Gasteiger partial charge in [-0.05, 0) is 54.3 Å². The predicted molar refractivity (Wildman–Crippen MR) is 101 cm³/mol. The normalized spacial score (nSPS) is 12.1. The minimum Gasteiger partial charge on any atom is -0.744 e. The molecule has 0 aliphatic rings. The standard InChI is InChI=1S/C18H23N3O5S.Na/c1-12(22)20-9-3-2-4-17(19)18(23)21-15-7-5-14-11-16(27(24,25)26)8-6-13(14)10-15;/h5-8,10-11,17H,2-4,9,19H2,1H3,(H,20,22)(H,21,23)(H,24,25,26);/q;+1/p-1. The van der Waals surface area contributed by atoms with Gasteiger partial charge in [-0.15, -0.1) is 0 Å². The Hall–Kier alpha value is -1.49. The van der Waals surface area contributed by atoms with Crippen molar-refractivity contribution < 1.29 is 52.1 Å². The molecule has 0 saturated carbocycles. The van der Waals surface area contributed by atoms with Crippen LogP contribution in [0.2, 0.25) is 0 Å². The number of nitrogens with two attached hydrogens (primary N) is 1. The Labute approximate surface area is 186 Å². The molecular formula is C18H22N3NaO5S. The molecule has 2 aromatic rings. The summed E-state index contributed by atoms with van der Waals surface area (Å²) in [4.78, 5) is 22.6. The first kappa shape index (κ1) is 24.5. The van der Waals surface area contributed by atoms with Gasteiger partial charge in [0.1, 0.15) is 10.1 Å². The van der Waals surface area contributed by atoms with Crippen molar-refractivity contribution in [1.82, 2.24) is 5.32 Å². The molecule has 0 aliphatic heterocycles. The second kappa shape index (κ2) is 10.9. The van der Waals surface area contributed by atoms with Crippen molar-refractivity contribution in [3.05, 3.63) is 36.4 Å². The van der Waals surface area contributed by atoms with Crippen LogP contribution in [0, 0.1) is 0 Å². The van der Waals surface area contributed by atoms with Gasteiger partial charge in [-0.1, -0.05) is 12.1 Å². The maximum Gasteiger partial charge on any atom is 1.00 e. The summed E-state index contributed by atoms with van der Waals surface area (Å²) in [6.45, 7) is 2.00. The Bertz CT molecular complexity index is 949. The van der Waals surface area contributed by atoms with Gasteiger partial charge in [0.15, 0.2) is 0 Å². The van der Waals surface area contributed by atoms with Crippen LogP contribution >= 0.6 is 0 Å². The van der Waals surface area contributed by atoms with Gasteiger partial charge < -0.3 is 20.9 Å². The average Bonchev–Trinajstić information content (AvgIpc) is 2.59. The van der Waals surface area contributed by atoms with Gasteiger partial charge >= 0.3 is 29.6 Å². The summed E-state index contributed by atoms with van der Waals surface area (Å²) in [7, 11) is -4.51. The molecule has 1 unspecified atom stereocenters. The fourth-order valence-corrected chi connectivity index (χ4v) is 3.08. The zero-order valence-corrected chi connectivity index (χ0v) is 18.7. The molecule has 0 fully saturated rings. The zero-order chi connectivity index (χ0) is 20.0. The van der Waals surface area contributed by atoms with E-state index in [1.165, 1.54) is 25.1 Å². The number of benzene rings is 2.